The van der Waals surface area contributed by atoms with Crippen LogP contribution >= 0.6 is 7.67 Å². The highest BCUT2D eigenvalue weighted by Gasteiger charge is 2.51. The van der Waals surface area contributed by atoms with Gasteiger partial charge in [-0.05, 0) is 26.0 Å². The third-order valence-electron chi connectivity index (χ3n) is 6.96. The van der Waals surface area contributed by atoms with E-state index in [2.05, 4.69) is 20.3 Å². The maximum atomic E-state index is 14.1. The van der Waals surface area contributed by atoms with Crippen LogP contribution in [0.5, 0.6) is 0 Å². The molecule has 0 fully saturated rings. The van der Waals surface area contributed by atoms with Gasteiger partial charge in [0.1, 0.15) is 42.4 Å². The van der Waals surface area contributed by atoms with Gasteiger partial charge in [-0.25, -0.2) is 19.7 Å². The van der Waals surface area contributed by atoms with Crippen LogP contribution in [0.3, 0.4) is 0 Å². The SMILES string of the molecule is CCC(=O)C[C@@H](c1ccc2c(N)ncnn12)[C@H](OC(=O)CC)[C@@](C#N)(COP(=O)(N[C@@H](C)C(=O)OC)N[C@@H](C)C(=O)OC)OC. The van der Waals surface area contributed by atoms with Crippen LogP contribution in [0.4, 0.5) is 5.82 Å². The zero-order valence-electron chi connectivity index (χ0n) is 26.3. The molecule has 2 aromatic rings. The maximum Gasteiger partial charge on any atom is 0.342 e. The lowest BCUT2D eigenvalue weighted by Gasteiger charge is -2.38. The smallest absolute Gasteiger partial charge is 0.342 e. The van der Waals surface area contributed by atoms with Gasteiger partial charge in [0.25, 0.3) is 0 Å². The zero-order chi connectivity index (χ0) is 33.9. The van der Waals surface area contributed by atoms with Crippen molar-refractivity contribution in [2.24, 2.45) is 0 Å². The van der Waals surface area contributed by atoms with Gasteiger partial charge in [-0.3, -0.25) is 23.7 Å². The highest BCUT2D eigenvalue weighted by molar-refractivity contribution is 7.54. The number of nitrogen functional groups attached to an aromatic ring is 1. The minimum atomic E-state index is -4.42. The van der Waals surface area contributed by atoms with E-state index >= 15 is 0 Å². The van der Waals surface area contributed by atoms with Crippen molar-refractivity contribution in [2.75, 3.05) is 33.7 Å². The molecule has 17 nitrogen and oxygen atoms in total. The molecule has 0 aromatic carbocycles. The molecule has 0 aliphatic carbocycles. The molecule has 0 bridgehead atoms. The van der Waals surface area contributed by atoms with Crippen LogP contribution in [0.15, 0.2) is 18.5 Å². The third kappa shape index (κ3) is 9.05. The first-order valence-corrected chi connectivity index (χ1v) is 15.6. The lowest BCUT2D eigenvalue weighted by molar-refractivity contribution is -0.169. The fourth-order valence-corrected chi connectivity index (χ4v) is 6.23. The Morgan fingerprint density at radius 3 is 2.16 bits per heavy atom. The number of anilines is 1. The van der Waals surface area contributed by atoms with Crippen molar-refractivity contribution in [1.29, 1.82) is 5.26 Å². The highest BCUT2D eigenvalue weighted by atomic mass is 31.2. The average Bonchev–Trinajstić information content (AvgIpc) is 3.47. The number of hydrogen-bond donors (Lipinski definition) is 3. The summed E-state index contributed by atoms with van der Waals surface area (Å²) >= 11 is 0. The Kier molecular flexibility index (Phi) is 13.6. The topological polar surface area (TPSA) is 236 Å². The van der Waals surface area contributed by atoms with Crippen LogP contribution in [0, 0.1) is 11.3 Å². The Balaban J connectivity index is 2.71. The Hall–Kier alpha value is -3.94. The van der Waals surface area contributed by atoms with E-state index in [0.29, 0.717) is 11.2 Å². The van der Waals surface area contributed by atoms with Crippen LogP contribution in [0.1, 0.15) is 58.6 Å². The van der Waals surface area contributed by atoms with Gasteiger partial charge >= 0.3 is 25.6 Å². The largest absolute Gasteiger partial charge is 0.468 e. The predicted octanol–water partition coefficient (Wildman–Crippen LogP) is 1.42. The van der Waals surface area contributed by atoms with Crippen molar-refractivity contribution in [1.82, 2.24) is 24.8 Å². The molecule has 0 saturated carbocycles. The molecular formula is C27H40N7O10P. The Morgan fingerprint density at radius 2 is 1.67 bits per heavy atom. The molecular weight excluding hydrogens is 613 g/mol. The van der Waals surface area contributed by atoms with E-state index in [4.69, 9.17) is 29.2 Å². The number of nitrogens with two attached hydrogens (primary N) is 1. The van der Waals surface area contributed by atoms with Crippen molar-refractivity contribution in [3.63, 3.8) is 0 Å². The molecule has 2 heterocycles. The number of nitrogens with zero attached hydrogens (tertiary/aromatic N) is 4. The summed E-state index contributed by atoms with van der Waals surface area (Å²) in [7, 11) is -1.03. The van der Waals surface area contributed by atoms with Crippen molar-refractivity contribution in [3.8, 4) is 6.07 Å². The summed E-state index contributed by atoms with van der Waals surface area (Å²) in [6.45, 7) is 5.01. The third-order valence-corrected chi connectivity index (χ3v) is 8.90. The lowest BCUT2D eigenvalue weighted by Crippen LogP contribution is -2.53. The standard InChI is InChI=1S/C27H40N7O10P/c1-8-18(35)12-19(20-10-11-21-24(29)30-15-31-34(20)21)23(44-22(36)9-2)27(13-28,42-7)14-43-45(39,32-16(3)25(37)40-5)33-17(4)26(38)41-6/h10-11,15-17,19,23H,8-9,12,14H2,1-7H3,(H2,29,30,31)(H2,32,33,39)/t16-,17-,19-,23-,27+/m0/s1. The van der Waals surface area contributed by atoms with Crippen LogP contribution in [-0.4, -0.2) is 90.0 Å². The molecule has 2 rings (SSSR count). The maximum absolute atomic E-state index is 14.1. The number of carbonyl (C=O) groups excluding carboxylic acids is 4. The van der Waals surface area contributed by atoms with Crippen LogP contribution in [0.25, 0.3) is 5.52 Å². The van der Waals surface area contributed by atoms with Gasteiger partial charge in [0, 0.05) is 32.3 Å². The number of esters is 3. The van der Waals surface area contributed by atoms with E-state index in [1.165, 1.54) is 31.6 Å². The molecule has 45 heavy (non-hydrogen) atoms. The van der Waals surface area contributed by atoms with Gasteiger partial charge in [-0.1, -0.05) is 13.8 Å². The monoisotopic (exact) mass is 653 g/mol. The molecule has 0 aliphatic rings. The zero-order valence-corrected chi connectivity index (χ0v) is 27.2. The number of aromatic nitrogens is 3. The summed E-state index contributed by atoms with van der Waals surface area (Å²) in [5.41, 5.74) is 4.54. The number of ether oxygens (including phenoxy) is 4. The van der Waals surface area contributed by atoms with Crippen molar-refractivity contribution in [3.05, 3.63) is 24.2 Å². The van der Waals surface area contributed by atoms with E-state index in [-0.39, 0.29) is 30.9 Å². The summed E-state index contributed by atoms with van der Waals surface area (Å²) in [6, 6.07) is 2.76. The van der Waals surface area contributed by atoms with Crippen LogP contribution in [0.2, 0.25) is 0 Å². The quantitative estimate of drug-likeness (QED) is 0.117. The summed E-state index contributed by atoms with van der Waals surface area (Å²) < 4.78 is 42.1. The van der Waals surface area contributed by atoms with Crippen molar-refractivity contribution in [2.45, 2.75) is 76.7 Å². The van der Waals surface area contributed by atoms with Gasteiger partial charge in [0.05, 0.1) is 19.9 Å². The number of nitriles is 1. The number of rotatable bonds is 18. The molecule has 4 N–H and O–H groups in total. The van der Waals surface area contributed by atoms with Gasteiger partial charge in [-0.2, -0.15) is 10.4 Å². The molecule has 5 atom stereocenters. The van der Waals surface area contributed by atoms with Crippen LogP contribution in [-0.2, 0) is 47.2 Å². The number of carbonyl (C=O) groups is 4. The Labute approximate surface area is 260 Å². The van der Waals surface area contributed by atoms with Gasteiger partial charge < -0.3 is 29.2 Å². The molecule has 0 spiro atoms. The Bertz CT molecular complexity index is 1430. The van der Waals surface area contributed by atoms with Crippen molar-refractivity contribution >= 4 is 42.7 Å². The molecule has 248 valence electrons. The number of methoxy groups -OCH3 is 3. The number of hydrogen-bond acceptors (Lipinski definition) is 14. The van der Waals surface area contributed by atoms with Gasteiger partial charge in [0.2, 0.25) is 5.60 Å². The van der Waals surface area contributed by atoms with E-state index in [9.17, 15) is 29.0 Å². The molecule has 0 amide bonds. The first kappa shape index (κ1) is 37.2. The highest BCUT2D eigenvalue weighted by Crippen LogP contribution is 2.43. The first-order valence-electron chi connectivity index (χ1n) is 14.0. The minimum absolute atomic E-state index is 0.101. The number of ketones is 1. The molecule has 18 heteroatoms. The molecule has 2 aromatic heterocycles. The molecule has 0 unspecified atom stereocenters. The van der Waals surface area contributed by atoms with Gasteiger partial charge in [0.15, 0.2) is 11.9 Å². The number of fused-ring (bicyclic) bond motifs is 1. The second kappa shape index (κ2) is 16.4. The van der Waals surface area contributed by atoms with E-state index < -0.39 is 61.9 Å². The van der Waals surface area contributed by atoms with Crippen molar-refractivity contribution < 1.29 is 47.2 Å². The summed E-state index contributed by atoms with van der Waals surface area (Å²) in [4.78, 5) is 54.0. The second-order valence-corrected chi connectivity index (χ2v) is 11.8. The molecule has 0 saturated heterocycles. The summed E-state index contributed by atoms with van der Waals surface area (Å²) in [5, 5.41) is 19.8. The fourth-order valence-electron chi connectivity index (χ4n) is 4.40. The average molecular weight is 654 g/mol. The van der Waals surface area contributed by atoms with E-state index in [1.54, 1.807) is 19.1 Å². The lowest BCUT2D eigenvalue weighted by atomic mass is 9.82. The number of nitrogens with one attached hydrogen (secondary N) is 2. The number of Topliss-reactive ketones (excluding diaryl/α,β-unsaturated/α-hetero) is 1. The molecule has 0 aliphatic heterocycles. The van der Waals surface area contributed by atoms with Crippen LogP contribution < -0.4 is 15.9 Å². The first-order chi connectivity index (χ1) is 21.2. The fraction of sp³-hybridized carbons (Fsp3) is 0.593. The Morgan fingerprint density at radius 1 is 1.07 bits per heavy atom. The van der Waals surface area contributed by atoms with E-state index in [0.717, 1.165) is 21.3 Å². The van der Waals surface area contributed by atoms with E-state index in [1.807, 2.05) is 6.07 Å². The second-order valence-electron chi connectivity index (χ2n) is 9.95. The minimum Gasteiger partial charge on any atom is -0.468 e. The summed E-state index contributed by atoms with van der Waals surface area (Å²) in [5.74, 6) is -3.52. The molecule has 0 radical (unpaired) electrons. The summed E-state index contributed by atoms with van der Waals surface area (Å²) in [6.07, 6.45) is -0.556. The van der Waals surface area contributed by atoms with Gasteiger partial charge in [-0.15, -0.1) is 0 Å². The normalized spacial score (nSPS) is 15.6. The predicted molar refractivity (Wildman–Crippen MR) is 158 cm³/mol.